The SMILES string of the molecule is Nc1c(S(=O)(=O)c2cc(Cl)ccc2Cl)c2nc3ccccc3nc2n1/N=C/c1ccco1. The van der Waals surface area contributed by atoms with Crippen LogP contribution in [0.15, 0.2) is 80.2 Å². The van der Waals surface area contributed by atoms with E-state index in [1.54, 1.807) is 36.4 Å². The predicted molar refractivity (Wildman–Crippen MR) is 123 cm³/mol. The Balaban J connectivity index is 1.85. The molecule has 2 N–H and O–H groups in total. The Hall–Kier alpha value is -3.40. The summed E-state index contributed by atoms with van der Waals surface area (Å²) in [5, 5.41) is 4.51. The molecule has 0 aliphatic heterocycles. The van der Waals surface area contributed by atoms with E-state index in [1.165, 1.54) is 35.4 Å². The van der Waals surface area contributed by atoms with Gasteiger partial charge in [0, 0.05) is 5.02 Å². The van der Waals surface area contributed by atoms with E-state index in [0.29, 0.717) is 16.8 Å². The van der Waals surface area contributed by atoms with E-state index >= 15 is 0 Å². The molecular weight excluding hydrogens is 473 g/mol. The summed E-state index contributed by atoms with van der Waals surface area (Å²) in [5.41, 5.74) is 7.60. The van der Waals surface area contributed by atoms with Crippen molar-refractivity contribution in [3.63, 3.8) is 0 Å². The monoisotopic (exact) mass is 485 g/mol. The maximum absolute atomic E-state index is 13.6. The van der Waals surface area contributed by atoms with E-state index in [-0.39, 0.29) is 36.8 Å². The Morgan fingerprint density at radius 2 is 1.78 bits per heavy atom. The molecule has 0 radical (unpaired) electrons. The first-order valence-electron chi connectivity index (χ1n) is 9.21. The van der Waals surface area contributed by atoms with Crippen molar-refractivity contribution in [1.29, 1.82) is 0 Å². The summed E-state index contributed by atoms with van der Waals surface area (Å²) in [6, 6.07) is 14.6. The van der Waals surface area contributed by atoms with Crippen molar-refractivity contribution in [3.05, 3.63) is 76.7 Å². The number of anilines is 1. The zero-order valence-corrected chi connectivity index (χ0v) is 18.4. The first-order chi connectivity index (χ1) is 15.4. The van der Waals surface area contributed by atoms with Crippen molar-refractivity contribution < 1.29 is 12.8 Å². The summed E-state index contributed by atoms with van der Waals surface area (Å²) in [6.07, 6.45) is 2.89. The number of furan rings is 1. The molecule has 5 rings (SSSR count). The van der Waals surface area contributed by atoms with Gasteiger partial charge in [-0.05, 0) is 42.5 Å². The fourth-order valence-corrected chi connectivity index (χ4v) is 5.52. The van der Waals surface area contributed by atoms with Gasteiger partial charge in [0.15, 0.2) is 5.65 Å². The molecule has 32 heavy (non-hydrogen) atoms. The standard InChI is InChI=1S/C21H13Cl2N5O3S/c22-12-7-8-14(23)17(10-12)32(29,30)19-18-21(27-16-6-2-1-5-15(16)26-18)28(20(19)24)25-11-13-4-3-9-31-13/h1-11H,24H2/b25-11+. The van der Waals surface area contributed by atoms with Crippen LogP contribution in [-0.2, 0) is 9.84 Å². The number of nitrogens with two attached hydrogens (primary N) is 1. The molecule has 5 aromatic rings. The summed E-state index contributed by atoms with van der Waals surface area (Å²) in [5.74, 6) is 0.274. The molecule has 0 atom stereocenters. The van der Waals surface area contributed by atoms with Crippen LogP contribution in [0.3, 0.4) is 0 Å². The number of hydrogen-bond donors (Lipinski definition) is 1. The number of hydrogen-bond acceptors (Lipinski definition) is 7. The highest BCUT2D eigenvalue weighted by Gasteiger charge is 2.32. The molecule has 0 amide bonds. The van der Waals surface area contributed by atoms with Crippen LogP contribution in [0, 0.1) is 0 Å². The van der Waals surface area contributed by atoms with E-state index in [4.69, 9.17) is 33.4 Å². The molecule has 160 valence electrons. The van der Waals surface area contributed by atoms with Gasteiger partial charge in [-0.1, -0.05) is 35.3 Å². The molecule has 2 aromatic carbocycles. The third-order valence-corrected chi connectivity index (χ3v) is 7.26. The normalized spacial score (nSPS) is 12.3. The van der Waals surface area contributed by atoms with E-state index in [1.807, 2.05) is 0 Å². The predicted octanol–water partition coefficient (Wildman–Crippen LogP) is 4.78. The quantitative estimate of drug-likeness (QED) is 0.366. The molecular formula is C21H13Cl2N5O3S. The second kappa shape index (κ2) is 7.63. The first kappa shape index (κ1) is 20.5. The highest BCUT2D eigenvalue weighted by Crippen LogP contribution is 2.38. The van der Waals surface area contributed by atoms with E-state index < -0.39 is 9.84 Å². The lowest BCUT2D eigenvalue weighted by Gasteiger charge is -2.07. The van der Waals surface area contributed by atoms with Gasteiger partial charge in [0.05, 0.1) is 33.4 Å². The fraction of sp³-hybridized carbons (Fsp3) is 0. The smallest absolute Gasteiger partial charge is 0.214 e. The van der Waals surface area contributed by atoms with Gasteiger partial charge in [0.1, 0.15) is 22.0 Å². The van der Waals surface area contributed by atoms with Gasteiger partial charge in [-0.2, -0.15) is 9.78 Å². The molecule has 8 nitrogen and oxygen atoms in total. The molecule has 0 fully saturated rings. The molecule has 0 unspecified atom stereocenters. The van der Waals surface area contributed by atoms with Crippen molar-refractivity contribution >= 4 is 67.3 Å². The maximum Gasteiger partial charge on any atom is 0.214 e. The molecule has 3 heterocycles. The van der Waals surface area contributed by atoms with Gasteiger partial charge in [0.25, 0.3) is 0 Å². The number of aromatic nitrogens is 3. The average Bonchev–Trinajstić information content (AvgIpc) is 3.38. The number of nitrogens with zero attached hydrogens (tertiary/aromatic N) is 4. The topological polar surface area (TPSA) is 116 Å². The zero-order valence-electron chi connectivity index (χ0n) is 16.1. The number of sulfone groups is 1. The summed E-state index contributed by atoms with van der Waals surface area (Å²) in [4.78, 5) is 8.64. The summed E-state index contributed by atoms with van der Waals surface area (Å²) >= 11 is 12.2. The van der Waals surface area contributed by atoms with Crippen molar-refractivity contribution in [2.75, 3.05) is 5.73 Å². The van der Waals surface area contributed by atoms with Gasteiger partial charge in [-0.25, -0.2) is 18.4 Å². The number of rotatable bonds is 4. The molecule has 11 heteroatoms. The van der Waals surface area contributed by atoms with Crippen molar-refractivity contribution in [3.8, 4) is 0 Å². The number of halogens is 2. The fourth-order valence-electron chi connectivity index (χ4n) is 3.28. The minimum absolute atomic E-state index is 0.00235. The highest BCUT2D eigenvalue weighted by molar-refractivity contribution is 7.92. The lowest BCUT2D eigenvalue weighted by atomic mass is 10.3. The van der Waals surface area contributed by atoms with Crippen LogP contribution in [0.4, 0.5) is 5.82 Å². The Labute approximate surface area is 191 Å². The molecule has 0 saturated carbocycles. The third kappa shape index (κ3) is 3.31. The molecule has 0 aliphatic carbocycles. The Kier molecular flexibility index (Phi) is 4.89. The van der Waals surface area contributed by atoms with Crippen LogP contribution in [0.25, 0.3) is 22.2 Å². The van der Waals surface area contributed by atoms with Crippen LogP contribution in [0.5, 0.6) is 0 Å². The van der Waals surface area contributed by atoms with E-state index in [2.05, 4.69) is 15.1 Å². The van der Waals surface area contributed by atoms with Crippen molar-refractivity contribution in [1.82, 2.24) is 14.6 Å². The lowest BCUT2D eigenvalue weighted by Crippen LogP contribution is -2.07. The number of benzene rings is 2. The van der Waals surface area contributed by atoms with Gasteiger partial charge in [-0.3, -0.25) is 0 Å². The highest BCUT2D eigenvalue weighted by atomic mass is 35.5. The van der Waals surface area contributed by atoms with Crippen LogP contribution in [0.2, 0.25) is 10.0 Å². The summed E-state index contributed by atoms with van der Waals surface area (Å²) in [7, 11) is -4.23. The van der Waals surface area contributed by atoms with Crippen LogP contribution in [0.1, 0.15) is 5.76 Å². The minimum Gasteiger partial charge on any atom is -0.463 e. The molecule has 0 bridgehead atoms. The largest absolute Gasteiger partial charge is 0.463 e. The Morgan fingerprint density at radius 3 is 2.50 bits per heavy atom. The van der Waals surface area contributed by atoms with Gasteiger partial charge in [0.2, 0.25) is 9.84 Å². The van der Waals surface area contributed by atoms with Crippen molar-refractivity contribution in [2.45, 2.75) is 9.79 Å². The molecule has 3 aromatic heterocycles. The summed E-state index contributed by atoms with van der Waals surface area (Å²) < 4.78 is 33.8. The molecule has 0 spiro atoms. The van der Waals surface area contributed by atoms with Crippen molar-refractivity contribution in [2.24, 2.45) is 5.10 Å². The zero-order chi connectivity index (χ0) is 22.5. The molecule has 0 saturated heterocycles. The van der Waals surface area contributed by atoms with E-state index in [9.17, 15) is 8.42 Å². The molecule has 0 aliphatic rings. The second-order valence-corrected chi connectivity index (χ2v) is 9.45. The van der Waals surface area contributed by atoms with Gasteiger partial charge in [-0.15, -0.1) is 0 Å². The minimum atomic E-state index is -4.23. The van der Waals surface area contributed by atoms with E-state index in [0.717, 1.165) is 0 Å². The van der Waals surface area contributed by atoms with Gasteiger partial charge < -0.3 is 10.2 Å². The maximum atomic E-state index is 13.6. The lowest BCUT2D eigenvalue weighted by molar-refractivity contribution is 0.559. The Bertz CT molecular complexity index is 1630. The summed E-state index contributed by atoms with van der Waals surface area (Å²) in [6.45, 7) is 0. The second-order valence-electron chi connectivity index (χ2n) is 6.75. The van der Waals surface area contributed by atoms with Crippen LogP contribution >= 0.6 is 23.2 Å². The number of fused-ring (bicyclic) bond motifs is 2. The first-order valence-corrected chi connectivity index (χ1v) is 11.4. The average molecular weight is 486 g/mol. The van der Waals surface area contributed by atoms with Crippen LogP contribution in [-0.4, -0.2) is 29.3 Å². The Morgan fingerprint density at radius 1 is 1.03 bits per heavy atom. The number of nitrogen functional groups attached to an aromatic ring is 1. The van der Waals surface area contributed by atoms with Gasteiger partial charge >= 0.3 is 0 Å². The van der Waals surface area contributed by atoms with Crippen LogP contribution < -0.4 is 5.73 Å². The number of para-hydroxylation sites is 2. The third-order valence-electron chi connectivity index (χ3n) is 4.72.